The first-order valence-electron chi connectivity index (χ1n) is 6.94. The molecule has 0 atom stereocenters. The molecule has 1 amide bonds. The fourth-order valence-electron chi connectivity index (χ4n) is 2.46. The van der Waals surface area contributed by atoms with E-state index in [0.29, 0.717) is 16.0 Å². The van der Waals surface area contributed by atoms with Crippen LogP contribution < -0.4 is 0 Å². The average molecular weight is 343 g/mol. The van der Waals surface area contributed by atoms with Crippen molar-refractivity contribution in [2.75, 3.05) is 32.7 Å². The number of nitrogens with zero attached hydrogens (tertiary/aromatic N) is 2. The summed E-state index contributed by atoms with van der Waals surface area (Å²) in [4.78, 5) is 16.6. The summed E-state index contributed by atoms with van der Waals surface area (Å²) in [6.45, 7) is 8.77. The van der Waals surface area contributed by atoms with Crippen LogP contribution >= 0.6 is 15.9 Å². The van der Waals surface area contributed by atoms with Crippen LogP contribution in [0, 0.1) is 11.7 Å². The smallest absolute Gasteiger partial charge is 0.253 e. The van der Waals surface area contributed by atoms with Gasteiger partial charge in [0, 0.05) is 38.3 Å². The number of benzene rings is 1. The largest absolute Gasteiger partial charge is 0.336 e. The van der Waals surface area contributed by atoms with Crippen molar-refractivity contribution in [1.29, 1.82) is 0 Å². The van der Waals surface area contributed by atoms with Crippen molar-refractivity contribution in [2.45, 2.75) is 13.8 Å². The maximum Gasteiger partial charge on any atom is 0.253 e. The SMILES string of the molecule is CC(C)CN1CCN(C(=O)c2ccc(F)c(Br)c2)CC1. The van der Waals surface area contributed by atoms with Crippen LogP contribution in [0.5, 0.6) is 0 Å². The standard InChI is InChI=1S/C15H20BrFN2O/c1-11(2)10-18-5-7-19(8-6-18)15(20)12-3-4-14(17)13(16)9-12/h3-4,9,11H,5-8,10H2,1-2H3. The maximum absolute atomic E-state index is 13.2. The first kappa shape index (κ1) is 15.4. The van der Waals surface area contributed by atoms with Gasteiger partial charge in [0.15, 0.2) is 0 Å². The summed E-state index contributed by atoms with van der Waals surface area (Å²) < 4.78 is 13.5. The van der Waals surface area contributed by atoms with Gasteiger partial charge >= 0.3 is 0 Å². The highest BCUT2D eigenvalue weighted by Crippen LogP contribution is 2.18. The third-order valence-corrected chi connectivity index (χ3v) is 4.06. The summed E-state index contributed by atoms with van der Waals surface area (Å²) in [6, 6.07) is 4.42. The summed E-state index contributed by atoms with van der Waals surface area (Å²) in [7, 11) is 0. The van der Waals surface area contributed by atoms with Gasteiger partial charge in [-0.3, -0.25) is 9.69 Å². The average Bonchev–Trinajstić information content (AvgIpc) is 2.41. The molecule has 0 saturated carbocycles. The normalized spacial score (nSPS) is 16.8. The molecule has 1 fully saturated rings. The highest BCUT2D eigenvalue weighted by Gasteiger charge is 2.22. The topological polar surface area (TPSA) is 23.6 Å². The molecule has 0 aliphatic carbocycles. The Kier molecular flexibility index (Phi) is 5.16. The van der Waals surface area contributed by atoms with Gasteiger partial charge in [0.1, 0.15) is 5.82 Å². The zero-order chi connectivity index (χ0) is 14.7. The van der Waals surface area contributed by atoms with Crippen LogP contribution in [0.3, 0.4) is 0 Å². The predicted molar refractivity (Wildman–Crippen MR) is 81.3 cm³/mol. The summed E-state index contributed by atoms with van der Waals surface area (Å²) in [5.74, 6) is 0.281. The molecule has 20 heavy (non-hydrogen) atoms. The molecule has 5 heteroatoms. The second-order valence-corrected chi connectivity index (χ2v) is 6.47. The van der Waals surface area contributed by atoms with Gasteiger partial charge in [-0.05, 0) is 40.0 Å². The van der Waals surface area contributed by atoms with Gasteiger partial charge in [0.25, 0.3) is 5.91 Å². The van der Waals surface area contributed by atoms with E-state index in [1.54, 1.807) is 12.1 Å². The van der Waals surface area contributed by atoms with Crippen LogP contribution in [0.25, 0.3) is 0 Å². The van der Waals surface area contributed by atoms with Crippen LogP contribution in [0.2, 0.25) is 0 Å². The predicted octanol–water partition coefficient (Wildman–Crippen LogP) is 3.00. The van der Waals surface area contributed by atoms with E-state index in [1.807, 2.05) is 4.90 Å². The van der Waals surface area contributed by atoms with E-state index in [2.05, 4.69) is 34.7 Å². The van der Waals surface area contributed by atoms with Gasteiger partial charge in [0.2, 0.25) is 0 Å². The number of carbonyl (C=O) groups excluding carboxylic acids is 1. The number of carbonyl (C=O) groups is 1. The second-order valence-electron chi connectivity index (χ2n) is 5.62. The molecule has 110 valence electrons. The number of halogens is 2. The summed E-state index contributed by atoms with van der Waals surface area (Å²) in [6.07, 6.45) is 0. The fourth-order valence-corrected chi connectivity index (χ4v) is 2.84. The zero-order valence-electron chi connectivity index (χ0n) is 11.9. The van der Waals surface area contributed by atoms with Crippen molar-refractivity contribution < 1.29 is 9.18 Å². The molecule has 0 radical (unpaired) electrons. The number of hydrogen-bond donors (Lipinski definition) is 0. The monoisotopic (exact) mass is 342 g/mol. The molecule has 3 nitrogen and oxygen atoms in total. The minimum Gasteiger partial charge on any atom is -0.336 e. The molecule has 0 aromatic heterocycles. The van der Waals surface area contributed by atoms with Gasteiger partial charge in [-0.1, -0.05) is 13.8 Å². The number of piperazine rings is 1. The Morgan fingerprint density at radius 1 is 1.30 bits per heavy atom. The lowest BCUT2D eigenvalue weighted by Crippen LogP contribution is -2.49. The second kappa shape index (κ2) is 6.68. The van der Waals surface area contributed by atoms with Crippen molar-refractivity contribution in [1.82, 2.24) is 9.80 Å². The fraction of sp³-hybridized carbons (Fsp3) is 0.533. The Bertz CT molecular complexity index is 485. The first-order chi connectivity index (χ1) is 9.47. The van der Waals surface area contributed by atoms with Crippen molar-refractivity contribution in [3.8, 4) is 0 Å². The summed E-state index contributed by atoms with van der Waals surface area (Å²) >= 11 is 3.12. The molecule has 1 aliphatic heterocycles. The summed E-state index contributed by atoms with van der Waals surface area (Å²) in [5, 5.41) is 0. The molecule has 1 aliphatic rings. The number of rotatable bonds is 3. The lowest BCUT2D eigenvalue weighted by atomic mass is 10.1. The number of hydrogen-bond acceptors (Lipinski definition) is 2. The van der Waals surface area contributed by atoms with Gasteiger partial charge < -0.3 is 4.90 Å². The molecule has 0 spiro atoms. The Hall–Kier alpha value is -0.940. The van der Waals surface area contributed by atoms with Gasteiger partial charge in [-0.2, -0.15) is 0 Å². The van der Waals surface area contributed by atoms with Crippen LogP contribution in [-0.4, -0.2) is 48.4 Å². The molecule has 0 bridgehead atoms. The van der Waals surface area contributed by atoms with Crippen molar-refractivity contribution in [2.24, 2.45) is 5.92 Å². The summed E-state index contributed by atoms with van der Waals surface area (Å²) in [5.41, 5.74) is 0.538. The minimum absolute atomic E-state index is 0.0186. The maximum atomic E-state index is 13.2. The Morgan fingerprint density at radius 3 is 2.50 bits per heavy atom. The highest BCUT2D eigenvalue weighted by atomic mass is 79.9. The Labute approximate surface area is 127 Å². The molecular formula is C15H20BrFN2O. The van der Waals surface area contributed by atoms with Crippen molar-refractivity contribution >= 4 is 21.8 Å². The van der Waals surface area contributed by atoms with E-state index in [1.165, 1.54) is 6.07 Å². The van der Waals surface area contributed by atoms with Crippen LogP contribution in [0.4, 0.5) is 4.39 Å². The Balaban J connectivity index is 1.96. The quantitative estimate of drug-likeness (QED) is 0.842. The van der Waals surface area contributed by atoms with E-state index in [0.717, 1.165) is 32.7 Å². The molecule has 1 saturated heterocycles. The van der Waals surface area contributed by atoms with E-state index < -0.39 is 0 Å². The van der Waals surface area contributed by atoms with Crippen LogP contribution in [0.15, 0.2) is 22.7 Å². The molecule has 1 aromatic rings. The van der Waals surface area contributed by atoms with E-state index in [4.69, 9.17) is 0 Å². The third-order valence-electron chi connectivity index (χ3n) is 3.45. The zero-order valence-corrected chi connectivity index (χ0v) is 13.5. The Morgan fingerprint density at radius 2 is 1.95 bits per heavy atom. The van der Waals surface area contributed by atoms with Crippen LogP contribution in [0.1, 0.15) is 24.2 Å². The van der Waals surface area contributed by atoms with E-state index in [-0.39, 0.29) is 11.7 Å². The minimum atomic E-state index is -0.344. The van der Waals surface area contributed by atoms with Crippen LogP contribution in [-0.2, 0) is 0 Å². The van der Waals surface area contributed by atoms with Gasteiger partial charge in [-0.25, -0.2) is 4.39 Å². The highest BCUT2D eigenvalue weighted by molar-refractivity contribution is 9.10. The molecular weight excluding hydrogens is 323 g/mol. The molecule has 0 unspecified atom stereocenters. The lowest BCUT2D eigenvalue weighted by molar-refractivity contribution is 0.0623. The first-order valence-corrected chi connectivity index (χ1v) is 7.73. The lowest BCUT2D eigenvalue weighted by Gasteiger charge is -2.35. The number of amides is 1. The molecule has 1 aromatic carbocycles. The molecule has 0 N–H and O–H groups in total. The van der Waals surface area contributed by atoms with Crippen molar-refractivity contribution in [3.05, 3.63) is 34.1 Å². The van der Waals surface area contributed by atoms with Gasteiger partial charge in [-0.15, -0.1) is 0 Å². The van der Waals surface area contributed by atoms with Crippen molar-refractivity contribution in [3.63, 3.8) is 0 Å². The van der Waals surface area contributed by atoms with Gasteiger partial charge in [0.05, 0.1) is 4.47 Å². The third kappa shape index (κ3) is 3.79. The van der Waals surface area contributed by atoms with E-state index in [9.17, 15) is 9.18 Å². The molecule has 2 rings (SSSR count). The molecule has 1 heterocycles. The van der Waals surface area contributed by atoms with E-state index >= 15 is 0 Å².